The van der Waals surface area contributed by atoms with Crippen LogP contribution < -0.4 is 0 Å². The molecule has 0 bridgehead atoms. The number of rotatable bonds is 11. The number of hydrogen-bond donors (Lipinski definition) is 0. The molecule has 6 heteroatoms. The first-order valence-corrected chi connectivity index (χ1v) is 18.1. The van der Waals surface area contributed by atoms with Gasteiger partial charge in [-0.1, -0.05) is 57.9 Å². The zero-order chi connectivity index (χ0) is 25.0. The molecule has 0 heterocycles. The molecule has 0 radical (unpaired) electrons. The first-order valence-electron chi connectivity index (χ1n) is 11.8. The minimum atomic E-state index is -2.05. The van der Waals surface area contributed by atoms with E-state index in [-0.39, 0.29) is 35.7 Å². The molecule has 0 aliphatic heterocycles. The van der Waals surface area contributed by atoms with Gasteiger partial charge >= 0.3 is 0 Å². The van der Waals surface area contributed by atoms with E-state index in [1.54, 1.807) is 7.11 Å². The normalized spacial score (nSPS) is 27.8. The van der Waals surface area contributed by atoms with E-state index < -0.39 is 22.2 Å². The number of terminal acetylenes is 1. The highest BCUT2D eigenvalue weighted by molar-refractivity contribution is 6.74. The second kappa shape index (κ2) is 11.2. The van der Waals surface area contributed by atoms with Crippen LogP contribution in [0.1, 0.15) is 41.0 Å². The van der Waals surface area contributed by atoms with E-state index in [1.165, 1.54) is 0 Å². The van der Waals surface area contributed by atoms with Crippen molar-refractivity contribution in [1.82, 2.24) is 0 Å². The number of ether oxygens (including phenoxy) is 2. The molecule has 2 unspecified atom stereocenters. The van der Waals surface area contributed by atoms with Gasteiger partial charge in [-0.25, -0.2) is 0 Å². The minimum absolute atomic E-state index is 0.0701. The highest BCUT2D eigenvalue weighted by Crippen LogP contribution is 2.48. The summed E-state index contributed by atoms with van der Waals surface area (Å²) in [5.74, 6) is 3.36. The van der Waals surface area contributed by atoms with Crippen molar-refractivity contribution >= 4 is 16.6 Å². The van der Waals surface area contributed by atoms with Crippen LogP contribution in [-0.2, 0) is 18.3 Å². The van der Waals surface area contributed by atoms with Crippen LogP contribution >= 0.6 is 0 Å². The first kappa shape index (κ1) is 29.3. The van der Waals surface area contributed by atoms with Crippen LogP contribution in [0.4, 0.5) is 0 Å². The van der Waals surface area contributed by atoms with E-state index in [1.807, 2.05) is 0 Å². The van der Waals surface area contributed by atoms with Gasteiger partial charge in [0.2, 0.25) is 0 Å². The van der Waals surface area contributed by atoms with Crippen molar-refractivity contribution in [3.05, 3.63) is 24.3 Å². The Kier molecular flexibility index (Phi) is 10.2. The Bertz CT molecular complexity index is 696. The summed E-state index contributed by atoms with van der Waals surface area (Å²) >= 11 is 0. The number of methoxy groups -OCH3 is 1. The van der Waals surface area contributed by atoms with Crippen LogP contribution in [0.5, 0.6) is 0 Å². The van der Waals surface area contributed by atoms with Crippen molar-refractivity contribution in [2.24, 2.45) is 17.8 Å². The van der Waals surface area contributed by atoms with Crippen molar-refractivity contribution in [2.45, 2.75) is 90.5 Å². The molecule has 0 spiro atoms. The molecule has 5 atom stereocenters. The maximum Gasteiger partial charge on any atom is 0.193 e. The molecule has 0 fully saturated rings. The summed E-state index contributed by atoms with van der Waals surface area (Å²) in [7, 11) is -2.36. The third-order valence-electron chi connectivity index (χ3n) is 6.94. The van der Waals surface area contributed by atoms with Gasteiger partial charge in [0.25, 0.3) is 0 Å². The molecule has 0 aromatic carbocycles. The van der Waals surface area contributed by atoms with Crippen molar-refractivity contribution in [1.29, 1.82) is 0 Å². The molecule has 0 saturated heterocycles. The third kappa shape index (κ3) is 7.41. The van der Waals surface area contributed by atoms with Gasteiger partial charge in [-0.3, -0.25) is 0 Å². The summed E-state index contributed by atoms with van der Waals surface area (Å²) in [5, 5.41) is 0.0776. The highest BCUT2D eigenvalue weighted by Gasteiger charge is 2.53. The van der Waals surface area contributed by atoms with Gasteiger partial charge in [-0.2, -0.15) is 0 Å². The Balaban J connectivity index is 3.51. The predicted molar refractivity (Wildman–Crippen MR) is 141 cm³/mol. The topological polar surface area (TPSA) is 36.9 Å². The van der Waals surface area contributed by atoms with Gasteiger partial charge in [0.15, 0.2) is 16.6 Å². The van der Waals surface area contributed by atoms with Gasteiger partial charge < -0.3 is 18.3 Å². The Hall–Kier alpha value is -0.686. The van der Waals surface area contributed by atoms with E-state index in [9.17, 15) is 0 Å². The average molecular weight is 481 g/mol. The first-order chi connectivity index (χ1) is 14.5. The van der Waals surface area contributed by atoms with Crippen LogP contribution in [-0.4, -0.2) is 48.8 Å². The van der Waals surface area contributed by atoms with E-state index >= 15 is 0 Å². The van der Waals surface area contributed by atoms with E-state index in [0.717, 1.165) is 5.57 Å². The molecule has 0 aromatic heterocycles. The summed E-state index contributed by atoms with van der Waals surface area (Å²) in [6, 6.07) is 0. The standard InChI is InChI=1S/C26H48O4Si2/c1-14-22(29-32(12,13)25(5,6)7)17-26(30-31(9,10)11)21(4)15-16-23(20(2)3)24(26)18-28-19-27-8/h1,15-16,21-24H,2,17-19H2,3-13H3/t21?,22?,23-,24-,26-/m0/s1. The fraction of sp³-hybridized carbons (Fsp3) is 0.769. The molecule has 1 aliphatic rings. The molecular weight excluding hydrogens is 432 g/mol. The Morgan fingerprint density at radius 1 is 1.19 bits per heavy atom. The molecule has 0 amide bonds. The fourth-order valence-corrected chi connectivity index (χ4v) is 7.09. The zero-order valence-electron chi connectivity index (χ0n) is 22.5. The van der Waals surface area contributed by atoms with Crippen molar-refractivity contribution in [3.63, 3.8) is 0 Å². The second-order valence-electron chi connectivity index (χ2n) is 11.8. The monoisotopic (exact) mass is 480 g/mol. The fourth-order valence-electron chi connectivity index (χ4n) is 4.31. The SMILES string of the molecule is C#CC(C[C@]1(O[Si](C)(C)C)C(C)C=C[C@@H](C(=C)C)[C@@H]1COCOC)O[Si](C)(C)C(C)(C)C. The lowest BCUT2D eigenvalue weighted by atomic mass is 9.64. The summed E-state index contributed by atoms with van der Waals surface area (Å²) in [4.78, 5) is 0. The van der Waals surface area contributed by atoms with Crippen molar-refractivity contribution in [2.75, 3.05) is 20.5 Å². The van der Waals surface area contributed by atoms with Crippen molar-refractivity contribution in [3.8, 4) is 12.3 Å². The van der Waals surface area contributed by atoms with Gasteiger partial charge in [0.1, 0.15) is 12.9 Å². The van der Waals surface area contributed by atoms with Crippen LogP contribution in [0.2, 0.25) is 37.8 Å². The maximum absolute atomic E-state index is 7.10. The lowest BCUT2D eigenvalue weighted by Crippen LogP contribution is -2.59. The van der Waals surface area contributed by atoms with E-state index in [0.29, 0.717) is 13.0 Å². The predicted octanol–water partition coefficient (Wildman–Crippen LogP) is 6.63. The average Bonchev–Trinajstić information content (AvgIpc) is 2.62. The molecule has 184 valence electrons. The molecular formula is C26H48O4Si2. The Labute approximate surface area is 200 Å². The zero-order valence-corrected chi connectivity index (χ0v) is 24.5. The quantitative estimate of drug-likeness (QED) is 0.109. The lowest BCUT2D eigenvalue weighted by Gasteiger charge is -2.53. The molecule has 1 aliphatic carbocycles. The number of hydrogen-bond acceptors (Lipinski definition) is 4. The molecule has 0 saturated carbocycles. The summed E-state index contributed by atoms with van der Waals surface area (Å²) in [6.07, 6.45) is 10.9. The van der Waals surface area contributed by atoms with Crippen molar-refractivity contribution < 1.29 is 18.3 Å². The molecule has 0 N–H and O–H groups in total. The van der Waals surface area contributed by atoms with Crippen LogP contribution in [0.25, 0.3) is 0 Å². The molecule has 0 aromatic rings. The van der Waals surface area contributed by atoms with E-state index in [2.05, 4.69) is 92.0 Å². The van der Waals surface area contributed by atoms with Gasteiger partial charge in [0.05, 0.1) is 12.2 Å². The van der Waals surface area contributed by atoms with Gasteiger partial charge in [-0.15, -0.1) is 6.42 Å². The smallest absolute Gasteiger partial charge is 0.193 e. The summed E-state index contributed by atoms with van der Waals surface area (Å²) in [5.41, 5.74) is 0.598. The molecule has 1 rings (SSSR count). The molecule has 32 heavy (non-hydrogen) atoms. The van der Waals surface area contributed by atoms with Crippen LogP contribution in [0.3, 0.4) is 0 Å². The highest BCUT2D eigenvalue weighted by atomic mass is 28.4. The summed E-state index contributed by atoms with van der Waals surface area (Å²) in [6.45, 7) is 27.3. The van der Waals surface area contributed by atoms with Gasteiger partial charge in [0, 0.05) is 31.3 Å². The summed E-state index contributed by atoms with van der Waals surface area (Å²) < 4.78 is 25.0. The molecule has 4 nitrogen and oxygen atoms in total. The lowest BCUT2D eigenvalue weighted by molar-refractivity contribution is -0.121. The Morgan fingerprint density at radius 3 is 2.22 bits per heavy atom. The van der Waals surface area contributed by atoms with Crippen LogP contribution in [0.15, 0.2) is 24.3 Å². The number of allylic oxidation sites excluding steroid dienone is 2. The Morgan fingerprint density at radius 2 is 1.78 bits per heavy atom. The third-order valence-corrected chi connectivity index (χ3v) is 12.4. The second-order valence-corrected chi connectivity index (χ2v) is 21.0. The van der Waals surface area contributed by atoms with E-state index in [4.69, 9.17) is 24.7 Å². The largest absolute Gasteiger partial charge is 0.411 e. The van der Waals surface area contributed by atoms with Gasteiger partial charge in [-0.05, 0) is 44.7 Å². The minimum Gasteiger partial charge on any atom is -0.411 e. The maximum atomic E-state index is 7.10. The van der Waals surface area contributed by atoms with Crippen LogP contribution in [0, 0.1) is 30.1 Å².